The van der Waals surface area contributed by atoms with Crippen molar-refractivity contribution in [1.29, 1.82) is 21.9 Å². The van der Waals surface area contributed by atoms with Crippen LogP contribution < -0.4 is 38.5 Å². The zero-order valence-electron chi connectivity index (χ0n) is 61.8. The number of carbonyl (C=O) groups is 3. The summed E-state index contributed by atoms with van der Waals surface area (Å²) in [5, 5.41) is 39.9. The zero-order chi connectivity index (χ0) is 82.3. The molecule has 1 unspecified atom stereocenters. The number of aryl methyl sites for hydroxylation is 1. The average molecular weight is 1700 g/mol. The van der Waals surface area contributed by atoms with E-state index in [0.717, 1.165) is 92.4 Å². The third-order valence-electron chi connectivity index (χ3n) is 17.9. The molecule has 8 aromatic rings. The van der Waals surface area contributed by atoms with Crippen molar-refractivity contribution in [2.45, 2.75) is 59.7 Å². The first-order chi connectivity index (χ1) is 55.1. The smallest absolute Gasteiger partial charge is 0.416 e. The van der Waals surface area contributed by atoms with Crippen LogP contribution in [0.3, 0.4) is 0 Å². The summed E-state index contributed by atoms with van der Waals surface area (Å²) in [4.78, 5) is 72.2. The Balaban J connectivity index is 0.000000228. The lowest BCUT2D eigenvalue weighted by Gasteiger charge is -2.40. The van der Waals surface area contributed by atoms with Crippen LogP contribution in [0, 0.1) is 21.9 Å². The van der Waals surface area contributed by atoms with Gasteiger partial charge in [-0.3, -0.25) is 44.3 Å². The molecule has 0 saturated carbocycles. The van der Waals surface area contributed by atoms with E-state index in [4.69, 9.17) is 38.2 Å². The number of benzene rings is 5. The maximum atomic E-state index is 13.4. The SMILES string of the molecule is CC(Oc1ccc(C(F)(F)F)cc1)C(=O)N1CCN(c2ccc(S(=O)(=O)Nc3ccncn3)cc2)CC1.C[C@H](C(=O)N1CCN(c2ccc(S(=O)(=O)Nc3nccs3)cc2)C(=O)C1)N1CCCc2cc(Cl)ccc21.N=C1C=CC(CN2CCN(c3ccc(S(=O)(=O)Nc4ccncn4)cc3)CC2)=CC1=N.N=N/N=N/N=N/N=N/N=N.O.[HH].[HH]. The fraction of sp³-hybridized carbons (Fsp3) is 0.286. The van der Waals surface area contributed by atoms with E-state index < -0.39 is 54.0 Å². The van der Waals surface area contributed by atoms with E-state index in [1.165, 1.54) is 91.1 Å². The van der Waals surface area contributed by atoms with E-state index in [1.54, 1.807) is 75.6 Å². The molecule has 9 N–H and O–H groups in total. The predicted octanol–water partition coefficient (Wildman–Crippen LogP) is 10.7. The zero-order valence-corrected chi connectivity index (χ0v) is 65.8. The summed E-state index contributed by atoms with van der Waals surface area (Å²) >= 11 is 7.34. The van der Waals surface area contributed by atoms with Crippen molar-refractivity contribution >= 4 is 122 Å². The van der Waals surface area contributed by atoms with Crippen molar-refractivity contribution in [1.82, 2.24) is 39.6 Å². The molecule has 1 aliphatic carbocycles. The highest BCUT2D eigenvalue weighted by Crippen LogP contribution is 2.34. The lowest BCUT2D eigenvalue weighted by Crippen LogP contribution is -2.57. The van der Waals surface area contributed by atoms with Crippen molar-refractivity contribution in [3.05, 3.63) is 204 Å². The Morgan fingerprint density at radius 2 is 1.12 bits per heavy atom. The molecule has 116 heavy (non-hydrogen) atoms. The summed E-state index contributed by atoms with van der Waals surface area (Å²) in [5.74, 6) is -0.00495. The number of piperazine rings is 3. The van der Waals surface area contributed by atoms with Crippen LogP contribution in [0.1, 0.15) is 34.2 Å². The van der Waals surface area contributed by atoms with Gasteiger partial charge in [0.2, 0.25) is 11.8 Å². The number of alkyl halides is 3. The van der Waals surface area contributed by atoms with Crippen LogP contribution in [-0.4, -0.2) is 197 Å². The van der Waals surface area contributed by atoms with Gasteiger partial charge >= 0.3 is 6.18 Å². The maximum Gasteiger partial charge on any atom is 0.416 e. The maximum absolute atomic E-state index is 13.4. The monoisotopic (exact) mass is 1700 g/mol. The van der Waals surface area contributed by atoms with Crippen LogP contribution >= 0.6 is 22.9 Å². The fourth-order valence-electron chi connectivity index (χ4n) is 12.2. The Kier molecular flexibility index (Phi) is 30.6. The number of fused-ring (bicyclic) bond motifs is 1. The van der Waals surface area contributed by atoms with Gasteiger partial charge in [-0.2, -0.15) is 24.2 Å². The summed E-state index contributed by atoms with van der Waals surface area (Å²) in [6, 6.07) is 31.8. The molecule has 2 atom stereocenters. The number of anilines is 7. The Hall–Kier alpha value is -12.4. The number of ether oxygens (including phenoxy) is 1. The van der Waals surface area contributed by atoms with Crippen LogP contribution in [0.5, 0.6) is 5.75 Å². The summed E-state index contributed by atoms with van der Waals surface area (Å²) in [6.07, 6.45) is 8.83. The number of amides is 3. The Labute approximate surface area is 675 Å². The highest BCUT2D eigenvalue weighted by Gasteiger charge is 2.36. The van der Waals surface area contributed by atoms with E-state index in [9.17, 15) is 52.8 Å². The van der Waals surface area contributed by atoms with Crippen LogP contribution in [0.25, 0.3) is 0 Å². The van der Waals surface area contributed by atoms with Crippen molar-refractivity contribution in [2.75, 3.05) is 119 Å². The van der Waals surface area contributed by atoms with Crippen LogP contribution in [0.15, 0.2) is 244 Å². The Bertz CT molecular complexity index is 5250. The van der Waals surface area contributed by atoms with Gasteiger partial charge in [0.1, 0.15) is 42.6 Å². The molecule has 0 radical (unpaired) electrons. The molecule has 5 aliphatic rings. The Morgan fingerprint density at radius 3 is 1.61 bits per heavy atom. The lowest BCUT2D eigenvalue weighted by atomic mass is 10.00. The number of allylic oxidation sites excluding steroid dienone is 2. The number of thiazole rings is 1. The minimum atomic E-state index is -4.44. The molecule has 0 spiro atoms. The summed E-state index contributed by atoms with van der Waals surface area (Å²) < 4.78 is 126. The molecule has 46 heteroatoms. The number of halogens is 4. The fourth-order valence-corrected chi connectivity index (χ4v) is 16.2. The number of nitrogens with one attached hydrogen (secondary N) is 7. The highest BCUT2D eigenvalue weighted by molar-refractivity contribution is 7.93. The molecular formula is C70H81ClF3N27O11S4. The predicted molar refractivity (Wildman–Crippen MR) is 428 cm³/mol. The lowest BCUT2D eigenvalue weighted by molar-refractivity contribution is -0.139. The van der Waals surface area contributed by atoms with Crippen LogP contribution in [0.4, 0.5) is 52.7 Å². The topological polar surface area (TPSA) is 512 Å². The van der Waals surface area contributed by atoms with Crippen LogP contribution in [0.2, 0.25) is 5.02 Å². The number of rotatable bonds is 23. The first-order valence-electron chi connectivity index (χ1n) is 34.9. The first kappa shape index (κ1) is 87.5. The van der Waals surface area contributed by atoms with Crippen LogP contribution in [-0.2, 0) is 57.1 Å². The molecule has 38 nitrogen and oxygen atoms in total. The minimum absolute atomic E-state index is 0. The first-order valence-corrected chi connectivity index (χ1v) is 40.6. The van der Waals surface area contributed by atoms with Gasteiger partial charge in [-0.05, 0) is 219 Å². The molecule has 3 amide bonds. The molecule has 3 aromatic heterocycles. The van der Waals surface area contributed by atoms with Gasteiger partial charge in [-0.25, -0.2) is 50.2 Å². The number of hydrogen-bond donors (Lipinski definition) is 7. The van der Waals surface area contributed by atoms with E-state index in [0.29, 0.717) is 50.0 Å². The van der Waals surface area contributed by atoms with Gasteiger partial charge in [0.25, 0.3) is 36.0 Å². The second-order valence-corrected chi connectivity index (χ2v) is 31.7. The van der Waals surface area contributed by atoms with Crippen molar-refractivity contribution < 1.29 is 65.9 Å². The van der Waals surface area contributed by atoms with Gasteiger partial charge < -0.3 is 39.6 Å². The second kappa shape index (κ2) is 40.5. The van der Waals surface area contributed by atoms with Gasteiger partial charge in [0, 0.05) is 133 Å². The van der Waals surface area contributed by atoms with Gasteiger partial charge in [-0.15, -0.1) is 11.3 Å². The molecule has 3 fully saturated rings. The molecular weight excluding hydrogens is 1620 g/mol. The number of aromatic nitrogens is 5. The highest BCUT2D eigenvalue weighted by atomic mass is 35.5. The van der Waals surface area contributed by atoms with Crippen molar-refractivity contribution in [3.63, 3.8) is 0 Å². The van der Waals surface area contributed by atoms with E-state index in [-0.39, 0.29) is 81.2 Å². The summed E-state index contributed by atoms with van der Waals surface area (Å²) in [5.41, 5.74) is 17.4. The second-order valence-electron chi connectivity index (χ2n) is 25.4. The quantitative estimate of drug-likeness (QED) is 0.0178. The summed E-state index contributed by atoms with van der Waals surface area (Å²) in [7, 11) is -11.3. The van der Waals surface area contributed by atoms with E-state index in [2.05, 4.69) is 95.6 Å². The van der Waals surface area contributed by atoms with E-state index in [1.807, 2.05) is 48.2 Å². The normalized spacial score (nSPS) is 15.9. The molecule has 7 heterocycles. The third kappa shape index (κ3) is 24.3. The standard InChI is InChI=1S/C25H26ClN5O4S2.C24H24F3N5O4S.C21H23N7O2S.H2N10.H2O.2H2/c1-17(30-11-2-3-18-15-19(26)4-9-22(18)30)24(33)29-12-13-31(23(32)16-29)20-5-7-21(8-6-20)37(34,35)28-25-27-10-14-36-25;1-17(36-20-6-2-18(3-7-20)24(25,26)27)23(33)32-14-12-31(13-15-32)19-4-8-21(9-5-19)37(34,35)30-22-10-11-28-16-29-22;22-19-6-1-16(13-20(19)23)14-27-9-11-28(12-10-27)17-2-4-18(5-3-17)31(29,30)26-21-7-8-24-15-25-21;1-3-5-7-9-10-8-6-4-2;;;/h4-10,14-15,17H,2-3,11-13,16H2,1H3,(H,27,28);2-11,16-17H,12-15H2,1H3,(H,28,29,30);1-8,13,15,22-23H,9-12,14H2,(H,24,25,26);1-2H;1H2;2*1H/b;;;3-1?,4-2?,7-5+,8-6+,10-9+;;;/t17-;;;;;;/m1....../s1. The molecule has 0 bridgehead atoms. The molecule has 13 rings (SSSR count). The average Bonchev–Trinajstić information content (AvgIpc) is 0.872. The molecule has 5 aromatic carbocycles. The minimum Gasteiger partial charge on any atom is -0.481 e. The summed E-state index contributed by atoms with van der Waals surface area (Å²) in [6.45, 7) is 10.9. The van der Waals surface area contributed by atoms with Crippen molar-refractivity contribution in [2.24, 2.45) is 41.8 Å². The Morgan fingerprint density at radius 1 is 0.603 bits per heavy atom. The largest absolute Gasteiger partial charge is 0.481 e. The number of sulfonamides is 3. The van der Waals surface area contributed by atoms with Gasteiger partial charge in [0.05, 0.1) is 31.7 Å². The number of carbonyl (C=O) groups excluding carboxylic acids is 3. The van der Waals surface area contributed by atoms with Gasteiger partial charge in [0.15, 0.2) is 11.2 Å². The third-order valence-corrected chi connectivity index (χ3v) is 23.1. The number of nitrogens with zero attached hydrogens (tertiary/aromatic N) is 20. The number of hydrogen-bond acceptors (Lipinski definition) is 24. The van der Waals surface area contributed by atoms with E-state index >= 15 is 0 Å². The van der Waals surface area contributed by atoms with Gasteiger partial charge in [-0.1, -0.05) is 17.7 Å². The van der Waals surface area contributed by atoms with Crippen molar-refractivity contribution in [3.8, 4) is 5.75 Å². The molecule has 4 aliphatic heterocycles. The molecule has 3 saturated heterocycles. The molecule has 614 valence electrons.